The summed E-state index contributed by atoms with van der Waals surface area (Å²) < 4.78 is 47.5. The van der Waals surface area contributed by atoms with E-state index in [0.29, 0.717) is 0 Å². The average Bonchev–Trinajstić information content (AvgIpc) is 2.44. The van der Waals surface area contributed by atoms with Gasteiger partial charge in [0.2, 0.25) is 9.84 Å². The normalized spacial score (nSPS) is 11.7. The number of rotatable bonds is 7. The van der Waals surface area contributed by atoms with Gasteiger partial charge in [-0.2, -0.15) is 8.78 Å². The Balaban J connectivity index is 3.05. The number of benzene rings is 1. The molecule has 0 aliphatic carbocycles. The van der Waals surface area contributed by atoms with Gasteiger partial charge in [0.05, 0.1) is 4.90 Å². The van der Waals surface area contributed by atoms with Crippen molar-refractivity contribution in [2.45, 2.75) is 24.5 Å². The molecule has 1 amide bonds. The van der Waals surface area contributed by atoms with Gasteiger partial charge in [0.25, 0.3) is 5.91 Å². The highest BCUT2D eigenvalue weighted by atomic mass is 32.2. The van der Waals surface area contributed by atoms with Gasteiger partial charge in [-0.3, -0.25) is 9.59 Å². The molecule has 0 saturated heterocycles. The Morgan fingerprint density at radius 3 is 2.09 bits per heavy atom. The summed E-state index contributed by atoms with van der Waals surface area (Å²) in [6.07, 6.45) is 0. The van der Waals surface area contributed by atoms with E-state index in [2.05, 4.69) is 0 Å². The standard InChI is InChI=1S/C14H17F2NO5S/c1-9(2)7-17(8-12(18)19)13(20)10-3-5-11(6-4-10)23(21,22)14(15)16/h3-6,9,14H,7-8H2,1-2H3,(H,18,19). The second kappa shape index (κ2) is 7.49. The summed E-state index contributed by atoms with van der Waals surface area (Å²) in [6.45, 7) is 3.30. The van der Waals surface area contributed by atoms with Crippen LogP contribution in [0.1, 0.15) is 24.2 Å². The van der Waals surface area contributed by atoms with Gasteiger partial charge in [-0.25, -0.2) is 8.42 Å². The number of aliphatic carboxylic acids is 1. The molecule has 0 unspecified atom stereocenters. The van der Waals surface area contributed by atoms with Crippen molar-refractivity contribution >= 4 is 21.7 Å². The predicted octanol–water partition coefficient (Wildman–Crippen LogP) is 1.87. The quantitative estimate of drug-likeness (QED) is 0.811. The highest BCUT2D eigenvalue weighted by Gasteiger charge is 2.27. The zero-order valence-corrected chi connectivity index (χ0v) is 13.4. The Bertz CT molecular complexity index is 671. The maximum Gasteiger partial charge on any atom is 0.341 e. The topological polar surface area (TPSA) is 91.8 Å². The molecule has 1 rings (SSSR count). The molecule has 0 atom stereocenters. The molecule has 6 nitrogen and oxygen atoms in total. The van der Waals surface area contributed by atoms with Gasteiger partial charge < -0.3 is 10.0 Å². The van der Waals surface area contributed by atoms with E-state index in [9.17, 15) is 26.8 Å². The smallest absolute Gasteiger partial charge is 0.341 e. The summed E-state index contributed by atoms with van der Waals surface area (Å²) >= 11 is 0. The molecule has 0 heterocycles. The van der Waals surface area contributed by atoms with Crippen molar-refractivity contribution in [1.82, 2.24) is 4.90 Å². The molecule has 23 heavy (non-hydrogen) atoms. The number of hydrogen-bond donors (Lipinski definition) is 1. The highest BCUT2D eigenvalue weighted by molar-refractivity contribution is 7.91. The van der Waals surface area contributed by atoms with Gasteiger partial charge in [0.15, 0.2) is 0 Å². The largest absolute Gasteiger partial charge is 0.480 e. The summed E-state index contributed by atoms with van der Waals surface area (Å²) in [5, 5.41) is 8.85. The third kappa shape index (κ3) is 4.98. The fourth-order valence-corrected chi connectivity index (χ4v) is 2.62. The molecule has 128 valence electrons. The maximum atomic E-state index is 12.4. The van der Waals surface area contributed by atoms with E-state index in [1.54, 1.807) is 13.8 Å². The molecule has 0 spiro atoms. The molecule has 0 saturated carbocycles. The molecule has 0 aliphatic heterocycles. The lowest BCUT2D eigenvalue weighted by molar-refractivity contribution is -0.137. The highest BCUT2D eigenvalue weighted by Crippen LogP contribution is 2.19. The van der Waals surface area contributed by atoms with Crippen LogP contribution in [-0.2, 0) is 14.6 Å². The zero-order valence-electron chi connectivity index (χ0n) is 12.6. The van der Waals surface area contributed by atoms with Crippen LogP contribution < -0.4 is 0 Å². The Morgan fingerprint density at radius 1 is 1.17 bits per heavy atom. The van der Waals surface area contributed by atoms with Crippen LogP contribution in [-0.4, -0.2) is 49.1 Å². The van der Waals surface area contributed by atoms with Gasteiger partial charge in [-0.15, -0.1) is 0 Å². The Kier molecular flexibility index (Phi) is 6.20. The van der Waals surface area contributed by atoms with Gasteiger partial charge in [0.1, 0.15) is 6.54 Å². The molecular weight excluding hydrogens is 332 g/mol. The van der Waals surface area contributed by atoms with Crippen molar-refractivity contribution in [2.24, 2.45) is 5.92 Å². The minimum Gasteiger partial charge on any atom is -0.480 e. The fourth-order valence-electron chi connectivity index (χ4n) is 1.90. The van der Waals surface area contributed by atoms with Crippen molar-refractivity contribution in [3.05, 3.63) is 29.8 Å². The SMILES string of the molecule is CC(C)CN(CC(=O)O)C(=O)c1ccc(S(=O)(=O)C(F)F)cc1. The Labute approximate surface area is 132 Å². The lowest BCUT2D eigenvalue weighted by Crippen LogP contribution is -2.38. The number of carboxylic acid groups (broad SMARTS) is 1. The van der Waals surface area contributed by atoms with E-state index in [1.807, 2.05) is 0 Å². The van der Waals surface area contributed by atoms with E-state index in [4.69, 9.17) is 5.11 Å². The van der Waals surface area contributed by atoms with Crippen LogP contribution in [0, 0.1) is 5.92 Å². The molecule has 1 N–H and O–H groups in total. The van der Waals surface area contributed by atoms with Crippen molar-refractivity contribution in [3.63, 3.8) is 0 Å². The Hall–Kier alpha value is -2.03. The summed E-state index contributed by atoms with van der Waals surface area (Å²) in [4.78, 5) is 23.6. The van der Waals surface area contributed by atoms with Gasteiger partial charge in [0, 0.05) is 12.1 Å². The monoisotopic (exact) mass is 349 g/mol. The minimum absolute atomic E-state index is 0.0248. The lowest BCUT2D eigenvalue weighted by atomic mass is 10.1. The third-order valence-electron chi connectivity index (χ3n) is 2.86. The number of carboxylic acids is 1. The average molecular weight is 349 g/mol. The molecular formula is C14H17F2NO5S. The second-order valence-electron chi connectivity index (χ2n) is 5.30. The number of alkyl halides is 2. The van der Waals surface area contributed by atoms with Gasteiger partial charge in [-0.1, -0.05) is 13.8 Å². The molecule has 0 aromatic heterocycles. The van der Waals surface area contributed by atoms with Crippen LogP contribution in [0.15, 0.2) is 29.2 Å². The lowest BCUT2D eigenvalue weighted by Gasteiger charge is -2.22. The van der Waals surface area contributed by atoms with Crippen molar-refractivity contribution in [1.29, 1.82) is 0 Å². The molecule has 9 heteroatoms. The molecule has 1 aromatic rings. The van der Waals surface area contributed by atoms with Crippen LogP contribution in [0.2, 0.25) is 0 Å². The number of nitrogens with zero attached hydrogens (tertiary/aromatic N) is 1. The molecule has 0 radical (unpaired) electrons. The van der Waals surface area contributed by atoms with Crippen LogP contribution in [0.3, 0.4) is 0 Å². The van der Waals surface area contributed by atoms with Gasteiger partial charge in [-0.05, 0) is 30.2 Å². The number of hydrogen-bond acceptors (Lipinski definition) is 4. The molecule has 0 aliphatic rings. The Morgan fingerprint density at radius 2 is 1.70 bits per heavy atom. The molecule has 1 aromatic carbocycles. The van der Waals surface area contributed by atoms with E-state index < -0.39 is 38.9 Å². The van der Waals surface area contributed by atoms with Crippen molar-refractivity contribution < 1.29 is 31.9 Å². The van der Waals surface area contributed by atoms with E-state index >= 15 is 0 Å². The van der Waals surface area contributed by atoms with E-state index in [0.717, 1.165) is 29.2 Å². The van der Waals surface area contributed by atoms with Crippen LogP contribution in [0.25, 0.3) is 0 Å². The minimum atomic E-state index is -4.73. The predicted molar refractivity (Wildman–Crippen MR) is 78.0 cm³/mol. The second-order valence-corrected chi connectivity index (χ2v) is 7.22. The number of amides is 1. The first-order chi connectivity index (χ1) is 10.6. The van der Waals surface area contributed by atoms with Crippen LogP contribution >= 0.6 is 0 Å². The number of carbonyl (C=O) groups is 2. The van der Waals surface area contributed by atoms with Crippen LogP contribution in [0.5, 0.6) is 0 Å². The van der Waals surface area contributed by atoms with Crippen LogP contribution in [0.4, 0.5) is 8.78 Å². The number of sulfone groups is 1. The van der Waals surface area contributed by atoms with Gasteiger partial charge >= 0.3 is 11.7 Å². The first-order valence-corrected chi connectivity index (χ1v) is 8.23. The number of halogens is 2. The first-order valence-electron chi connectivity index (χ1n) is 6.69. The summed E-state index contributed by atoms with van der Waals surface area (Å²) in [6, 6.07) is 3.99. The molecule has 0 fully saturated rings. The summed E-state index contributed by atoms with van der Waals surface area (Å²) in [5.41, 5.74) is 0.0279. The molecule has 0 bridgehead atoms. The zero-order chi connectivity index (χ0) is 17.8. The van der Waals surface area contributed by atoms with Crippen molar-refractivity contribution in [3.8, 4) is 0 Å². The summed E-state index contributed by atoms with van der Waals surface area (Å²) in [7, 11) is -4.73. The van der Waals surface area contributed by atoms with Crippen molar-refractivity contribution in [2.75, 3.05) is 13.1 Å². The third-order valence-corrected chi connectivity index (χ3v) is 4.26. The maximum absolute atomic E-state index is 12.4. The van der Waals surface area contributed by atoms with E-state index in [-0.39, 0.29) is 18.0 Å². The number of carbonyl (C=O) groups excluding carboxylic acids is 1. The fraction of sp³-hybridized carbons (Fsp3) is 0.429. The summed E-state index contributed by atoms with van der Waals surface area (Å²) in [5.74, 6) is -5.32. The first kappa shape index (κ1) is 19.0. The van der Waals surface area contributed by atoms with E-state index in [1.165, 1.54) is 0 Å².